The number of nitrogens with one attached hydrogen (secondary N) is 1. The monoisotopic (exact) mass is 337 g/mol. The third kappa shape index (κ3) is 5.27. The van der Waals surface area contributed by atoms with E-state index in [1.165, 1.54) is 23.8 Å². The molecule has 1 saturated heterocycles. The van der Waals surface area contributed by atoms with Crippen molar-refractivity contribution in [3.05, 3.63) is 33.5 Å². The van der Waals surface area contributed by atoms with Gasteiger partial charge < -0.3 is 14.8 Å². The molecule has 0 spiro atoms. The summed E-state index contributed by atoms with van der Waals surface area (Å²) in [4.78, 5) is 24.3. The highest BCUT2D eigenvalue weighted by atomic mass is 32.1. The number of carbonyl (C=O) groups is 2. The SMILES string of the molecule is CC(=O)c1cc(C(=O)N[C@H]2COCC[C@H]2OCC=C(C)C)cs1. The molecule has 1 N–H and O–H groups in total. The first-order valence-electron chi connectivity index (χ1n) is 7.70. The summed E-state index contributed by atoms with van der Waals surface area (Å²) in [6.45, 7) is 7.15. The van der Waals surface area contributed by atoms with Crippen LogP contribution in [0.1, 0.15) is 47.2 Å². The summed E-state index contributed by atoms with van der Waals surface area (Å²) in [6, 6.07) is 1.45. The van der Waals surface area contributed by atoms with Crippen LogP contribution in [0.5, 0.6) is 0 Å². The van der Waals surface area contributed by atoms with Gasteiger partial charge in [-0.2, -0.15) is 0 Å². The molecule has 1 fully saturated rings. The summed E-state index contributed by atoms with van der Waals surface area (Å²) in [5.41, 5.74) is 1.71. The van der Waals surface area contributed by atoms with Gasteiger partial charge in [0.2, 0.25) is 0 Å². The van der Waals surface area contributed by atoms with E-state index in [4.69, 9.17) is 9.47 Å². The fraction of sp³-hybridized carbons (Fsp3) is 0.529. The topological polar surface area (TPSA) is 64.6 Å². The van der Waals surface area contributed by atoms with Crippen molar-refractivity contribution < 1.29 is 19.1 Å². The molecule has 1 aromatic heterocycles. The number of hydrogen-bond acceptors (Lipinski definition) is 5. The van der Waals surface area contributed by atoms with Crippen LogP contribution in [0.4, 0.5) is 0 Å². The van der Waals surface area contributed by atoms with Crippen LogP contribution in [-0.2, 0) is 9.47 Å². The smallest absolute Gasteiger partial charge is 0.252 e. The fourth-order valence-electron chi connectivity index (χ4n) is 2.28. The number of hydrogen-bond donors (Lipinski definition) is 1. The van der Waals surface area contributed by atoms with Crippen molar-refractivity contribution in [2.75, 3.05) is 19.8 Å². The maximum Gasteiger partial charge on any atom is 0.252 e. The molecule has 0 unspecified atom stereocenters. The average Bonchev–Trinajstić information content (AvgIpc) is 2.99. The zero-order valence-electron chi connectivity index (χ0n) is 13.8. The van der Waals surface area contributed by atoms with Crippen molar-refractivity contribution in [3.63, 3.8) is 0 Å². The van der Waals surface area contributed by atoms with E-state index in [0.29, 0.717) is 30.3 Å². The van der Waals surface area contributed by atoms with Crippen LogP contribution in [0, 0.1) is 0 Å². The lowest BCUT2D eigenvalue weighted by molar-refractivity contribution is -0.0457. The van der Waals surface area contributed by atoms with Gasteiger partial charge in [0.25, 0.3) is 5.91 Å². The molecule has 5 nitrogen and oxygen atoms in total. The third-order valence-corrected chi connectivity index (χ3v) is 4.65. The molecular formula is C17H23NO4S. The minimum Gasteiger partial charge on any atom is -0.379 e. The molecule has 2 atom stereocenters. The van der Waals surface area contributed by atoms with E-state index >= 15 is 0 Å². The molecular weight excluding hydrogens is 314 g/mol. The molecule has 1 aromatic rings. The normalized spacial score (nSPS) is 20.8. The predicted molar refractivity (Wildman–Crippen MR) is 90.2 cm³/mol. The number of ketones is 1. The molecule has 0 bridgehead atoms. The molecule has 1 amide bonds. The van der Waals surface area contributed by atoms with Crippen molar-refractivity contribution in [1.82, 2.24) is 5.32 Å². The lowest BCUT2D eigenvalue weighted by Crippen LogP contribution is -2.50. The highest BCUT2D eigenvalue weighted by Gasteiger charge is 2.28. The van der Waals surface area contributed by atoms with Gasteiger partial charge in [-0.1, -0.05) is 11.6 Å². The first kappa shape index (κ1) is 17.8. The zero-order chi connectivity index (χ0) is 16.8. The van der Waals surface area contributed by atoms with Gasteiger partial charge in [0.1, 0.15) is 0 Å². The molecule has 126 valence electrons. The Balaban J connectivity index is 1.95. The van der Waals surface area contributed by atoms with E-state index in [-0.39, 0.29) is 23.8 Å². The molecule has 23 heavy (non-hydrogen) atoms. The fourth-order valence-corrected chi connectivity index (χ4v) is 3.07. The highest BCUT2D eigenvalue weighted by molar-refractivity contribution is 7.12. The van der Waals surface area contributed by atoms with Crippen molar-refractivity contribution in [1.29, 1.82) is 0 Å². The van der Waals surface area contributed by atoms with Gasteiger partial charge in [-0.15, -0.1) is 11.3 Å². The van der Waals surface area contributed by atoms with E-state index in [2.05, 4.69) is 5.32 Å². The van der Waals surface area contributed by atoms with E-state index < -0.39 is 0 Å². The van der Waals surface area contributed by atoms with Crippen LogP contribution in [0.2, 0.25) is 0 Å². The molecule has 1 aliphatic rings. The molecule has 6 heteroatoms. The van der Waals surface area contributed by atoms with Gasteiger partial charge in [-0.3, -0.25) is 9.59 Å². The zero-order valence-corrected chi connectivity index (χ0v) is 14.6. The highest BCUT2D eigenvalue weighted by Crippen LogP contribution is 2.17. The maximum absolute atomic E-state index is 12.3. The summed E-state index contributed by atoms with van der Waals surface area (Å²) in [5.74, 6) is -0.224. The van der Waals surface area contributed by atoms with Crippen molar-refractivity contribution in [3.8, 4) is 0 Å². The van der Waals surface area contributed by atoms with Crippen LogP contribution in [0.3, 0.4) is 0 Å². The molecule has 0 radical (unpaired) electrons. The molecule has 0 aromatic carbocycles. The Morgan fingerprint density at radius 2 is 2.22 bits per heavy atom. The quantitative estimate of drug-likeness (QED) is 0.640. The van der Waals surface area contributed by atoms with Crippen LogP contribution in [-0.4, -0.2) is 43.7 Å². The number of thiophene rings is 1. The predicted octanol–water partition coefficient (Wildman–Crippen LogP) is 2.82. The first-order valence-corrected chi connectivity index (χ1v) is 8.58. The van der Waals surface area contributed by atoms with Gasteiger partial charge in [0.15, 0.2) is 5.78 Å². The third-order valence-electron chi connectivity index (χ3n) is 3.62. The number of carbonyl (C=O) groups excluding carboxylic acids is 2. The van der Waals surface area contributed by atoms with E-state index in [9.17, 15) is 9.59 Å². The lowest BCUT2D eigenvalue weighted by Gasteiger charge is -2.31. The maximum atomic E-state index is 12.3. The summed E-state index contributed by atoms with van der Waals surface area (Å²) in [5, 5.41) is 4.66. The number of rotatable bonds is 6. The Morgan fingerprint density at radius 3 is 2.87 bits per heavy atom. The van der Waals surface area contributed by atoms with Gasteiger partial charge in [0.05, 0.1) is 35.8 Å². The minimum atomic E-state index is -0.194. The van der Waals surface area contributed by atoms with Gasteiger partial charge in [-0.05, 0) is 33.3 Å². The van der Waals surface area contributed by atoms with Crippen LogP contribution >= 0.6 is 11.3 Å². The number of Topliss-reactive ketones (excluding diaryl/α,β-unsaturated/α-hetero) is 1. The van der Waals surface area contributed by atoms with Crippen LogP contribution in [0.15, 0.2) is 23.1 Å². The molecule has 2 heterocycles. The van der Waals surface area contributed by atoms with Gasteiger partial charge >= 0.3 is 0 Å². The average molecular weight is 337 g/mol. The van der Waals surface area contributed by atoms with Gasteiger partial charge in [0, 0.05) is 12.0 Å². The second-order valence-corrected chi connectivity index (χ2v) is 6.76. The summed E-state index contributed by atoms with van der Waals surface area (Å²) in [6.07, 6.45) is 2.71. The second kappa shape index (κ2) is 8.38. The molecule has 1 aliphatic heterocycles. The Kier molecular flexibility index (Phi) is 6.50. The molecule has 0 aliphatic carbocycles. The van der Waals surface area contributed by atoms with E-state index in [1.54, 1.807) is 11.4 Å². The molecule has 0 saturated carbocycles. The second-order valence-electron chi connectivity index (χ2n) is 5.85. The Morgan fingerprint density at radius 1 is 1.43 bits per heavy atom. The Labute approximate surface area is 140 Å². The van der Waals surface area contributed by atoms with Crippen molar-refractivity contribution in [2.24, 2.45) is 0 Å². The number of amides is 1. The van der Waals surface area contributed by atoms with Crippen LogP contribution < -0.4 is 5.32 Å². The number of allylic oxidation sites excluding steroid dienone is 1. The standard InChI is InChI=1S/C17H23NO4S/c1-11(2)4-7-22-15-5-6-21-9-14(15)18-17(20)13-8-16(12(3)19)23-10-13/h4,8,10,14-15H,5-7,9H2,1-3H3,(H,18,20)/t14-,15+/m0/s1. The summed E-state index contributed by atoms with van der Waals surface area (Å²) < 4.78 is 11.3. The first-order chi connectivity index (χ1) is 11.0. The largest absolute Gasteiger partial charge is 0.379 e. The van der Waals surface area contributed by atoms with Gasteiger partial charge in [-0.25, -0.2) is 0 Å². The van der Waals surface area contributed by atoms with Crippen LogP contribution in [0.25, 0.3) is 0 Å². The van der Waals surface area contributed by atoms with E-state index in [1.807, 2.05) is 19.9 Å². The Hall–Kier alpha value is -1.50. The Bertz CT molecular complexity index is 589. The van der Waals surface area contributed by atoms with Crippen molar-refractivity contribution >= 4 is 23.0 Å². The van der Waals surface area contributed by atoms with Crippen molar-refractivity contribution in [2.45, 2.75) is 39.3 Å². The molecule has 2 rings (SSSR count). The lowest BCUT2D eigenvalue weighted by atomic mass is 10.1. The summed E-state index contributed by atoms with van der Waals surface area (Å²) in [7, 11) is 0. The van der Waals surface area contributed by atoms with E-state index in [0.717, 1.165) is 6.42 Å². The summed E-state index contributed by atoms with van der Waals surface area (Å²) >= 11 is 1.29. The number of ether oxygens (including phenoxy) is 2. The minimum absolute atomic E-state index is 0.0296.